The molecule has 0 aliphatic carbocycles. The minimum Gasteiger partial charge on any atom is -0.479 e. The third-order valence-electron chi connectivity index (χ3n) is 4.19. The number of carboxylic acids is 1. The summed E-state index contributed by atoms with van der Waals surface area (Å²) >= 11 is 1.70. The molecular formula is C19H20N2O4S. The number of benzene rings is 2. The summed E-state index contributed by atoms with van der Waals surface area (Å²) < 4.78 is 0. The van der Waals surface area contributed by atoms with Crippen molar-refractivity contribution in [3.63, 3.8) is 0 Å². The number of aliphatic hydroxyl groups is 1. The van der Waals surface area contributed by atoms with Crippen LogP contribution in [0.3, 0.4) is 0 Å². The lowest BCUT2D eigenvalue weighted by Gasteiger charge is -2.32. The van der Waals surface area contributed by atoms with Gasteiger partial charge in [0.15, 0.2) is 5.60 Å². The van der Waals surface area contributed by atoms with E-state index in [2.05, 4.69) is 10.2 Å². The molecular weight excluding hydrogens is 352 g/mol. The first kappa shape index (κ1) is 18.3. The van der Waals surface area contributed by atoms with Crippen LogP contribution in [0.1, 0.15) is 13.3 Å². The van der Waals surface area contributed by atoms with Crippen LogP contribution in [0.15, 0.2) is 58.3 Å². The molecule has 1 atom stereocenters. The fourth-order valence-electron chi connectivity index (χ4n) is 2.67. The number of nitrogens with one attached hydrogen (secondary N) is 1. The molecule has 1 amide bonds. The van der Waals surface area contributed by atoms with Crippen molar-refractivity contribution in [2.45, 2.75) is 28.7 Å². The summed E-state index contributed by atoms with van der Waals surface area (Å²) in [5.41, 5.74) is 0.111. The standard InChI is InChI=1S/C19H20N2O4S/c1-19(25,18(23)24)12-20-17(22)10-11-21-13-6-2-4-8-15(13)26-16-9-5-3-7-14(16)21/h2-9,25H,10-12H2,1H3,(H,20,22)(H,23,24). The molecule has 2 aromatic rings. The highest BCUT2D eigenvalue weighted by atomic mass is 32.2. The van der Waals surface area contributed by atoms with Crippen LogP contribution in [0.5, 0.6) is 0 Å². The SMILES string of the molecule is CC(O)(CNC(=O)CCN1c2ccccc2Sc2ccccc21)C(=O)O. The summed E-state index contributed by atoms with van der Waals surface area (Å²) in [5, 5.41) is 21.1. The molecule has 7 heteroatoms. The number of nitrogens with zero attached hydrogens (tertiary/aromatic N) is 1. The van der Waals surface area contributed by atoms with Crippen LogP contribution in [0.25, 0.3) is 0 Å². The predicted octanol–water partition coefficient (Wildman–Crippen LogP) is 2.63. The van der Waals surface area contributed by atoms with E-state index in [0.29, 0.717) is 6.54 Å². The van der Waals surface area contributed by atoms with Crippen molar-refractivity contribution in [3.05, 3.63) is 48.5 Å². The van der Waals surface area contributed by atoms with E-state index in [0.717, 1.165) is 28.1 Å². The largest absolute Gasteiger partial charge is 0.479 e. The monoisotopic (exact) mass is 372 g/mol. The van der Waals surface area contributed by atoms with Gasteiger partial charge < -0.3 is 20.4 Å². The van der Waals surface area contributed by atoms with Gasteiger partial charge >= 0.3 is 5.97 Å². The molecule has 0 saturated heterocycles. The summed E-state index contributed by atoms with van der Waals surface area (Å²) in [4.78, 5) is 27.4. The van der Waals surface area contributed by atoms with Crippen molar-refractivity contribution in [3.8, 4) is 0 Å². The first-order valence-corrected chi connectivity index (χ1v) is 9.06. The third-order valence-corrected chi connectivity index (χ3v) is 5.32. The summed E-state index contributed by atoms with van der Waals surface area (Å²) in [6, 6.07) is 16.0. The van der Waals surface area contributed by atoms with Crippen LogP contribution >= 0.6 is 11.8 Å². The first-order chi connectivity index (χ1) is 12.4. The number of carboxylic acid groups (broad SMARTS) is 1. The summed E-state index contributed by atoms with van der Waals surface area (Å²) in [6.07, 6.45) is 0.184. The van der Waals surface area contributed by atoms with Crippen LogP contribution in [0, 0.1) is 0 Å². The Hall–Kier alpha value is -2.51. The van der Waals surface area contributed by atoms with Crippen molar-refractivity contribution in [2.24, 2.45) is 0 Å². The van der Waals surface area contributed by atoms with Crippen LogP contribution in [-0.2, 0) is 9.59 Å². The lowest BCUT2D eigenvalue weighted by Crippen LogP contribution is -2.46. The van der Waals surface area contributed by atoms with Gasteiger partial charge in [0, 0.05) is 22.8 Å². The molecule has 0 fully saturated rings. The Morgan fingerprint density at radius 2 is 1.62 bits per heavy atom. The Labute approximate surface area is 155 Å². The van der Waals surface area contributed by atoms with Gasteiger partial charge in [-0.2, -0.15) is 0 Å². The van der Waals surface area contributed by atoms with Crippen molar-refractivity contribution in [1.82, 2.24) is 5.32 Å². The molecule has 2 aromatic carbocycles. The molecule has 0 saturated carbocycles. The van der Waals surface area contributed by atoms with Gasteiger partial charge in [0.2, 0.25) is 5.91 Å². The van der Waals surface area contributed by atoms with E-state index >= 15 is 0 Å². The summed E-state index contributed by atoms with van der Waals surface area (Å²) in [6.45, 7) is 1.28. The molecule has 1 aliphatic rings. The maximum Gasteiger partial charge on any atom is 0.337 e. The lowest BCUT2D eigenvalue weighted by atomic mass is 10.1. The molecule has 26 heavy (non-hydrogen) atoms. The van der Waals surface area contributed by atoms with Gasteiger partial charge in [-0.1, -0.05) is 36.0 Å². The Balaban J connectivity index is 1.70. The van der Waals surface area contributed by atoms with Gasteiger partial charge in [-0.25, -0.2) is 4.79 Å². The van der Waals surface area contributed by atoms with E-state index in [4.69, 9.17) is 5.11 Å². The quantitative estimate of drug-likeness (QED) is 0.722. The van der Waals surface area contributed by atoms with E-state index in [-0.39, 0.29) is 18.9 Å². The van der Waals surface area contributed by atoms with Gasteiger partial charge in [0.1, 0.15) is 0 Å². The highest BCUT2D eigenvalue weighted by molar-refractivity contribution is 7.99. The van der Waals surface area contributed by atoms with Gasteiger partial charge in [-0.3, -0.25) is 4.79 Å². The average molecular weight is 372 g/mol. The molecule has 0 spiro atoms. The Bertz CT molecular complexity index is 792. The molecule has 3 rings (SSSR count). The highest BCUT2D eigenvalue weighted by Crippen LogP contribution is 2.47. The Kier molecular flexibility index (Phi) is 5.20. The smallest absolute Gasteiger partial charge is 0.337 e. The van der Waals surface area contributed by atoms with Crippen molar-refractivity contribution < 1.29 is 19.8 Å². The zero-order chi connectivity index (χ0) is 18.7. The highest BCUT2D eigenvalue weighted by Gasteiger charge is 2.30. The maximum absolute atomic E-state index is 12.1. The molecule has 0 aromatic heterocycles. The molecule has 6 nitrogen and oxygen atoms in total. The first-order valence-electron chi connectivity index (χ1n) is 8.24. The van der Waals surface area contributed by atoms with Crippen LogP contribution in [0.4, 0.5) is 11.4 Å². The molecule has 3 N–H and O–H groups in total. The van der Waals surface area contributed by atoms with E-state index in [9.17, 15) is 14.7 Å². The van der Waals surface area contributed by atoms with Gasteiger partial charge in [-0.15, -0.1) is 0 Å². The number of fused-ring (bicyclic) bond motifs is 2. The average Bonchev–Trinajstić information content (AvgIpc) is 2.63. The molecule has 0 radical (unpaired) electrons. The van der Waals surface area contributed by atoms with Gasteiger partial charge in [0.25, 0.3) is 0 Å². The van der Waals surface area contributed by atoms with E-state index in [1.54, 1.807) is 11.8 Å². The van der Waals surface area contributed by atoms with Gasteiger partial charge in [-0.05, 0) is 31.2 Å². The number of anilines is 2. The molecule has 1 unspecified atom stereocenters. The summed E-state index contributed by atoms with van der Waals surface area (Å²) in [5.74, 6) is -1.67. The molecule has 1 aliphatic heterocycles. The molecule has 1 heterocycles. The minimum absolute atomic E-state index is 0.184. The van der Waals surface area contributed by atoms with Crippen molar-refractivity contribution >= 4 is 35.0 Å². The Morgan fingerprint density at radius 1 is 1.08 bits per heavy atom. The third kappa shape index (κ3) is 3.84. The zero-order valence-electron chi connectivity index (χ0n) is 14.3. The zero-order valence-corrected chi connectivity index (χ0v) is 15.1. The number of hydrogen-bond acceptors (Lipinski definition) is 5. The topological polar surface area (TPSA) is 89.9 Å². The number of rotatable bonds is 6. The second kappa shape index (κ2) is 7.39. The van der Waals surface area contributed by atoms with E-state index in [1.165, 1.54) is 0 Å². The number of amides is 1. The number of carbonyl (C=O) groups is 2. The van der Waals surface area contributed by atoms with Crippen LogP contribution in [0.2, 0.25) is 0 Å². The van der Waals surface area contributed by atoms with Crippen molar-refractivity contribution in [2.75, 3.05) is 18.0 Å². The van der Waals surface area contributed by atoms with Gasteiger partial charge in [0.05, 0.1) is 17.9 Å². The predicted molar refractivity (Wildman–Crippen MR) is 99.9 cm³/mol. The van der Waals surface area contributed by atoms with Crippen LogP contribution in [-0.4, -0.2) is 40.8 Å². The molecule has 136 valence electrons. The molecule has 0 bridgehead atoms. The Morgan fingerprint density at radius 3 is 2.15 bits per heavy atom. The van der Waals surface area contributed by atoms with Crippen molar-refractivity contribution in [1.29, 1.82) is 0 Å². The normalized spacial score (nSPS) is 14.8. The summed E-state index contributed by atoms with van der Waals surface area (Å²) in [7, 11) is 0. The van der Waals surface area contributed by atoms with Crippen LogP contribution < -0.4 is 10.2 Å². The maximum atomic E-state index is 12.1. The lowest BCUT2D eigenvalue weighted by molar-refractivity contribution is -0.156. The number of hydrogen-bond donors (Lipinski definition) is 3. The number of para-hydroxylation sites is 2. The second-order valence-corrected chi connectivity index (χ2v) is 7.38. The second-order valence-electron chi connectivity index (χ2n) is 6.29. The number of aliphatic carboxylic acids is 1. The number of carbonyl (C=O) groups excluding carboxylic acids is 1. The fraction of sp³-hybridized carbons (Fsp3) is 0.263. The minimum atomic E-state index is -1.98. The van der Waals surface area contributed by atoms with E-state index < -0.39 is 11.6 Å². The fourth-order valence-corrected chi connectivity index (χ4v) is 3.77. The van der Waals surface area contributed by atoms with E-state index in [1.807, 2.05) is 48.5 Å².